The van der Waals surface area contributed by atoms with E-state index in [1.807, 2.05) is 70.5 Å². The molecule has 66 heavy (non-hydrogen) atoms. The molecule has 2 saturated heterocycles. The molecular formula is C54H46N6O6. The topological polar surface area (TPSA) is 157 Å². The molecule has 0 unspecified atom stereocenters. The first-order chi connectivity index (χ1) is 32.3. The van der Waals surface area contributed by atoms with Crippen molar-refractivity contribution in [3.63, 3.8) is 0 Å². The van der Waals surface area contributed by atoms with Crippen LogP contribution in [-0.2, 0) is 22.3 Å². The van der Waals surface area contributed by atoms with Gasteiger partial charge in [0.05, 0.1) is 49.2 Å². The minimum Gasteiger partial charge on any atom is -0.508 e. The molecule has 4 aliphatic rings. The Morgan fingerprint density at radius 3 is 1.15 bits per heavy atom. The van der Waals surface area contributed by atoms with Crippen molar-refractivity contribution in [3.05, 3.63) is 167 Å². The standard InChI is InChI=1S/2C27H23N3O3/c2*31-22-8-5-18(6-9-22)17-1-3-19(4-2-17)25-24-16-21-15-20(7-10-23(21)26(24)29-28-25)27(32)30-11-13-33-14-12-30/h2*1-10,15,31H,11-14,16H2,(H,28,29). The molecule has 4 heterocycles. The van der Waals surface area contributed by atoms with Gasteiger partial charge >= 0.3 is 0 Å². The molecule has 328 valence electrons. The number of H-pyrrole nitrogens is 2. The van der Waals surface area contributed by atoms with Crippen molar-refractivity contribution >= 4 is 11.8 Å². The smallest absolute Gasteiger partial charge is 0.254 e. The number of phenolic OH excluding ortho intramolecular Hbond substituents is 2. The molecule has 0 atom stereocenters. The zero-order valence-corrected chi connectivity index (χ0v) is 36.1. The molecule has 12 rings (SSSR count). The Hall–Kier alpha value is -7.80. The van der Waals surface area contributed by atoms with Crippen LogP contribution in [0.25, 0.3) is 67.3 Å². The average molecular weight is 875 g/mol. The number of morpholine rings is 2. The number of fused-ring (bicyclic) bond motifs is 6. The first-order valence-corrected chi connectivity index (χ1v) is 22.3. The molecule has 0 radical (unpaired) electrons. The number of benzene rings is 6. The van der Waals surface area contributed by atoms with Gasteiger partial charge in [-0.3, -0.25) is 19.8 Å². The van der Waals surface area contributed by atoms with Crippen LogP contribution in [0.15, 0.2) is 133 Å². The van der Waals surface area contributed by atoms with E-state index in [1.54, 1.807) is 24.3 Å². The number of amides is 2. The summed E-state index contributed by atoms with van der Waals surface area (Å²) in [5.74, 6) is 0.660. The summed E-state index contributed by atoms with van der Waals surface area (Å²) >= 11 is 0. The third kappa shape index (κ3) is 7.80. The van der Waals surface area contributed by atoms with Gasteiger partial charge in [0.1, 0.15) is 11.5 Å². The third-order valence-corrected chi connectivity index (χ3v) is 13.0. The van der Waals surface area contributed by atoms with Crippen molar-refractivity contribution in [2.45, 2.75) is 12.8 Å². The summed E-state index contributed by atoms with van der Waals surface area (Å²) in [6.45, 7) is 4.96. The Morgan fingerprint density at radius 1 is 0.455 bits per heavy atom. The molecular weight excluding hydrogens is 829 g/mol. The molecule has 12 nitrogen and oxygen atoms in total. The minimum atomic E-state index is 0.0693. The molecule has 2 fully saturated rings. The van der Waals surface area contributed by atoms with Gasteiger partial charge in [0.2, 0.25) is 0 Å². The van der Waals surface area contributed by atoms with Gasteiger partial charge in [-0.25, -0.2) is 0 Å². The van der Waals surface area contributed by atoms with E-state index in [9.17, 15) is 19.8 Å². The summed E-state index contributed by atoms with van der Waals surface area (Å²) in [4.78, 5) is 29.5. The number of nitrogens with one attached hydrogen (secondary N) is 2. The lowest BCUT2D eigenvalue weighted by Gasteiger charge is -2.27. The van der Waals surface area contributed by atoms with Gasteiger partial charge in [0.25, 0.3) is 11.8 Å². The second-order valence-electron chi connectivity index (χ2n) is 17.0. The van der Waals surface area contributed by atoms with Crippen molar-refractivity contribution in [1.82, 2.24) is 30.2 Å². The first-order valence-electron chi connectivity index (χ1n) is 22.3. The highest BCUT2D eigenvalue weighted by atomic mass is 16.5. The summed E-state index contributed by atoms with van der Waals surface area (Å²) < 4.78 is 10.7. The van der Waals surface area contributed by atoms with Crippen molar-refractivity contribution in [2.24, 2.45) is 0 Å². The largest absolute Gasteiger partial charge is 0.508 e. The van der Waals surface area contributed by atoms with Crippen molar-refractivity contribution < 1.29 is 29.3 Å². The van der Waals surface area contributed by atoms with E-state index in [2.05, 4.69) is 68.9 Å². The number of hydrogen-bond donors (Lipinski definition) is 4. The van der Waals surface area contributed by atoms with Gasteiger partial charge in [0, 0.05) is 83.5 Å². The van der Waals surface area contributed by atoms with Crippen LogP contribution in [0.3, 0.4) is 0 Å². The molecule has 12 heteroatoms. The van der Waals surface area contributed by atoms with Crippen LogP contribution in [0.2, 0.25) is 0 Å². The first kappa shape index (κ1) is 40.9. The Bertz CT molecular complexity index is 2880. The molecule has 8 aromatic rings. The maximum absolute atomic E-state index is 12.9. The monoisotopic (exact) mass is 874 g/mol. The van der Waals surface area contributed by atoms with Crippen LogP contribution < -0.4 is 0 Å². The Kier molecular flexibility index (Phi) is 10.7. The number of carbonyl (C=O) groups is 2. The van der Waals surface area contributed by atoms with Crippen molar-refractivity contribution in [1.29, 1.82) is 0 Å². The average Bonchev–Trinajstić information content (AvgIpc) is 4.16. The quantitative estimate of drug-likeness (QED) is 0.129. The molecule has 4 N–H and O–H groups in total. The van der Waals surface area contributed by atoms with Crippen molar-refractivity contribution in [2.75, 3.05) is 52.6 Å². The van der Waals surface area contributed by atoms with Gasteiger partial charge in [-0.15, -0.1) is 0 Å². The zero-order chi connectivity index (χ0) is 44.7. The number of aromatic hydroxyl groups is 2. The Balaban J connectivity index is 0.000000146. The number of rotatable bonds is 6. The maximum Gasteiger partial charge on any atom is 0.254 e. The van der Waals surface area contributed by atoms with E-state index in [-0.39, 0.29) is 23.3 Å². The van der Waals surface area contributed by atoms with E-state index in [0.717, 1.165) is 102 Å². The van der Waals surface area contributed by atoms with Gasteiger partial charge in [-0.05, 0) is 81.9 Å². The summed E-state index contributed by atoms with van der Waals surface area (Å²) in [6, 6.07) is 43.0. The highest BCUT2D eigenvalue weighted by Crippen LogP contribution is 2.42. The zero-order valence-electron chi connectivity index (χ0n) is 36.1. The van der Waals surface area contributed by atoms with Crippen LogP contribution >= 0.6 is 0 Å². The SMILES string of the molecule is O=C(c1ccc2c(c1)Cc1c(-c3ccc(-c4ccc(O)cc4)cc3)n[nH]c1-2)N1CCOCC1.O=C(c1ccc2c(c1)Cc1c(-c3ccc(-c4ccc(O)cc4)cc3)n[nH]c1-2)N1CCOCC1. The van der Waals surface area contributed by atoms with E-state index in [4.69, 9.17) is 9.47 Å². The second kappa shape index (κ2) is 17.3. The molecule has 0 spiro atoms. The lowest BCUT2D eigenvalue weighted by molar-refractivity contribution is 0.0301. The highest BCUT2D eigenvalue weighted by molar-refractivity contribution is 5.97. The number of aromatic amines is 2. The number of aromatic nitrogens is 4. The summed E-state index contributed by atoms with van der Waals surface area (Å²) in [5, 5.41) is 34.7. The van der Waals surface area contributed by atoms with E-state index >= 15 is 0 Å². The Labute approximate surface area is 381 Å². The van der Waals surface area contributed by atoms with Crippen LogP contribution in [0, 0.1) is 0 Å². The number of hydrogen-bond acceptors (Lipinski definition) is 8. The normalized spacial score (nSPS) is 14.7. The molecule has 6 aromatic carbocycles. The predicted molar refractivity (Wildman–Crippen MR) is 252 cm³/mol. The molecule has 2 aliphatic heterocycles. The van der Waals surface area contributed by atoms with Crippen LogP contribution in [-0.4, -0.2) is 105 Å². The number of nitrogens with zero attached hydrogens (tertiary/aromatic N) is 4. The number of phenols is 2. The summed E-state index contributed by atoms with van der Waals surface area (Å²) in [6.07, 6.45) is 1.50. The fourth-order valence-corrected chi connectivity index (χ4v) is 9.46. The fraction of sp³-hybridized carbons (Fsp3) is 0.185. The van der Waals surface area contributed by atoms with Crippen LogP contribution in [0.1, 0.15) is 43.0 Å². The molecule has 2 aromatic heterocycles. The van der Waals surface area contributed by atoms with Gasteiger partial charge in [-0.2, -0.15) is 10.2 Å². The van der Waals surface area contributed by atoms with E-state index < -0.39 is 0 Å². The van der Waals surface area contributed by atoms with Crippen LogP contribution in [0.4, 0.5) is 0 Å². The lowest BCUT2D eigenvalue weighted by Crippen LogP contribution is -2.40. The number of ether oxygens (including phenoxy) is 2. The predicted octanol–water partition coefficient (Wildman–Crippen LogP) is 8.99. The second-order valence-corrected chi connectivity index (χ2v) is 17.0. The van der Waals surface area contributed by atoms with E-state index in [0.29, 0.717) is 52.6 Å². The Morgan fingerprint density at radius 2 is 0.788 bits per heavy atom. The number of carbonyl (C=O) groups excluding carboxylic acids is 2. The van der Waals surface area contributed by atoms with Gasteiger partial charge in [0.15, 0.2) is 0 Å². The van der Waals surface area contributed by atoms with Gasteiger partial charge < -0.3 is 29.5 Å². The highest BCUT2D eigenvalue weighted by Gasteiger charge is 2.29. The molecule has 0 bridgehead atoms. The summed E-state index contributed by atoms with van der Waals surface area (Å²) in [7, 11) is 0. The maximum atomic E-state index is 12.9. The van der Waals surface area contributed by atoms with Gasteiger partial charge in [-0.1, -0.05) is 84.9 Å². The third-order valence-electron chi connectivity index (χ3n) is 13.0. The molecule has 0 saturated carbocycles. The lowest BCUT2D eigenvalue weighted by atomic mass is 10.0. The van der Waals surface area contributed by atoms with Crippen LogP contribution in [0.5, 0.6) is 11.5 Å². The van der Waals surface area contributed by atoms with E-state index in [1.165, 1.54) is 11.1 Å². The fourth-order valence-electron chi connectivity index (χ4n) is 9.46. The van der Waals surface area contributed by atoms with Crippen molar-refractivity contribution in [3.8, 4) is 78.8 Å². The minimum absolute atomic E-state index is 0.0693. The summed E-state index contributed by atoms with van der Waals surface area (Å²) in [5.41, 5.74) is 18.7. The molecule has 2 aliphatic carbocycles. The molecule has 2 amide bonds.